The number of aromatic hydroxyl groups is 1. The minimum absolute atomic E-state index is 0. The number of hydrogen-bond acceptors (Lipinski definition) is 32. The van der Waals surface area contributed by atoms with Gasteiger partial charge in [0, 0.05) is 159 Å². The van der Waals surface area contributed by atoms with E-state index in [1.165, 1.54) is 58.2 Å². The van der Waals surface area contributed by atoms with Crippen LogP contribution in [0.5, 0.6) is 5.75 Å². The van der Waals surface area contributed by atoms with E-state index >= 15 is 0 Å². The molecular weight excluding hydrogens is 1750 g/mol. The number of ether oxygens (including phenoxy) is 2. The second-order valence-corrected chi connectivity index (χ2v) is 34.2. The van der Waals surface area contributed by atoms with Crippen LogP contribution in [-0.2, 0) is 83.0 Å². The molecule has 0 aromatic heterocycles. The molecule has 120 heavy (non-hydrogen) atoms. The zero-order valence-corrected chi connectivity index (χ0v) is 73.8. The van der Waals surface area contributed by atoms with E-state index in [1.54, 1.807) is 37.8 Å². The summed E-state index contributed by atoms with van der Waals surface area (Å²) in [6.07, 6.45) is 2.56. The van der Waals surface area contributed by atoms with Crippen LogP contribution in [-0.4, -0.2) is 307 Å². The number of aliphatic hydroxyl groups excluding tert-OH is 1. The van der Waals surface area contributed by atoms with Crippen LogP contribution >= 0.6 is 21.6 Å². The Morgan fingerprint density at radius 3 is 1.58 bits per heavy atom. The summed E-state index contributed by atoms with van der Waals surface area (Å²) in [4.78, 5) is 217. The van der Waals surface area contributed by atoms with Crippen molar-refractivity contribution in [2.45, 2.75) is 181 Å². The fraction of sp³-hybridized carbons (Fsp3) is 0.700. The number of phenolic OH excluding ortho intramolecular Hbond substituents is 1. The number of rotatable bonds is 33. The van der Waals surface area contributed by atoms with Crippen molar-refractivity contribution in [2.24, 2.45) is 41.2 Å². The van der Waals surface area contributed by atoms with Crippen molar-refractivity contribution in [2.75, 3.05) is 153 Å². The summed E-state index contributed by atoms with van der Waals surface area (Å²) in [6.45, 7) is 14.7. The zero-order valence-electron chi connectivity index (χ0n) is 69.9. The van der Waals surface area contributed by atoms with E-state index in [9.17, 15) is 107 Å². The maximum absolute atomic E-state index is 14.7. The first-order chi connectivity index (χ1) is 56.5. The number of nitrogens with two attached hydrogens (primary N) is 1. The molecule has 4 heterocycles. The van der Waals surface area contributed by atoms with Gasteiger partial charge in [0.1, 0.15) is 53.9 Å². The molecule has 0 saturated carbocycles. The Morgan fingerprint density at radius 2 is 1.08 bits per heavy atom. The summed E-state index contributed by atoms with van der Waals surface area (Å²) in [5.41, 5.74) is 5.06. The third-order valence-corrected chi connectivity index (χ3v) is 24.0. The Hall–Kier alpha value is -7.38. The number of fused-ring (bicyclic) bond motifs is 2. The van der Waals surface area contributed by atoms with Crippen LogP contribution in [0.2, 0.25) is 0 Å². The fourth-order valence-corrected chi connectivity index (χ4v) is 17.0. The molecule has 0 spiro atoms. The molecule has 10 N–H and O–H groups in total. The van der Waals surface area contributed by atoms with E-state index in [1.807, 2.05) is 34.6 Å². The van der Waals surface area contributed by atoms with Gasteiger partial charge in [0.2, 0.25) is 41.4 Å². The molecule has 4 aliphatic heterocycles. The molecule has 40 heteroatoms. The van der Waals surface area contributed by atoms with Gasteiger partial charge in [0.05, 0.1) is 56.3 Å². The van der Waals surface area contributed by atoms with Crippen LogP contribution in [0.25, 0.3) is 0 Å². The van der Waals surface area contributed by atoms with Gasteiger partial charge in [-0.25, -0.2) is 0 Å². The van der Waals surface area contributed by atoms with Crippen molar-refractivity contribution < 1.29 is 147 Å². The van der Waals surface area contributed by atoms with Gasteiger partial charge >= 0.3 is 39.9 Å². The first-order valence-electron chi connectivity index (χ1n) is 41.0. The molecule has 6 rings (SSSR count). The molecule has 0 bridgehead atoms. The third-order valence-electron chi connectivity index (χ3n) is 21.4. The smallest absolute Gasteiger partial charge is 0.549 e. The van der Waals surface area contributed by atoms with Crippen molar-refractivity contribution in [3.05, 3.63) is 50.3 Å². The summed E-state index contributed by atoms with van der Waals surface area (Å²) in [6, 6.07) is -1.72. The summed E-state index contributed by atoms with van der Waals surface area (Å²) >= 11 is 0. The van der Waals surface area contributed by atoms with Gasteiger partial charge in [-0.15, -0.1) is 0 Å². The second-order valence-electron chi connectivity index (χ2n) is 31.6. The van der Waals surface area contributed by atoms with E-state index in [0.29, 0.717) is 50.6 Å². The zero-order chi connectivity index (χ0) is 88.2. The number of nitrogens with zero attached hydrogens (tertiary/aromatic N) is 6. The van der Waals surface area contributed by atoms with Crippen LogP contribution in [0.3, 0.4) is 0 Å². The summed E-state index contributed by atoms with van der Waals surface area (Å²) in [5, 5.41) is 83.7. The van der Waals surface area contributed by atoms with E-state index in [2.05, 4.69) is 31.9 Å². The number of carboxylic acid groups (broad SMARTS) is 4. The number of carboxylic acids is 4. The van der Waals surface area contributed by atoms with Gasteiger partial charge in [-0.2, -0.15) is 0 Å². The maximum atomic E-state index is 14.7. The Bertz CT molecular complexity index is 3770. The van der Waals surface area contributed by atoms with Crippen molar-refractivity contribution >= 4 is 116 Å². The van der Waals surface area contributed by atoms with Gasteiger partial charge in [-0.1, -0.05) is 95.5 Å². The molecule has 4 saturated heterocycles. The molecule has 11 atom stereocenters. The SMILES string of the molecule is CCC(=O)COCCOCCNc1c(NCCCC(C(=O)[O-])N2CCN(CC(=O)[O-])CCN(CC(=O)[O-])CCN(CC(=O)[O-])CC2)c(=O)c1=O.CC[C@H](C)[C@@H]1CC(=O)[C@H](CO)NC(=O)[C@@H]2CCCN2C(=O)[C@@H](C)CSSC[C@@H](C(N)=O)NC(=O)[C@H](CC(C)C)CC(=O)[C@H](CC(C)C)NC(=O)[C@@H]2CCCN2C(=O)[C@H](Cc2ccc(O)cc2)NC1=O.[Gd+3]. The predicted octanol–water partition coefficient (Wildman–Crippen LogP) is -4.86. The topological polar surface area (TPSA) is 542 Å². The number of nitrogens with one attached hydrogen (secondary N) is 6. The fourth-order valence-electron chi connectivity index (χ4n) is 14.5. The molecule has 1 unspecified atom stereocenters. The monoisotopic (exact) mass is 1870 g/mol. The van der Waals surface area contributed by atoms with Crippen LogP contribution in [0.4, 0.5) is 11.4 Å². The number of aliphatic hydroxyl groups is 1. The number of amides is 7. The summed E-state index contributed by atoms with van der Waals surface area (Å²) in [7, 11) is 2.53. The Morgan fingerprint density at radius 1 is 0.592 bits per heavy atom. The van der Waals surface area contributed by atoms with Crippen molar-refractivity contribution in [1.29, 1.82) is 0 Å². The number of Topliss-reactive ketones (excluding diaryl/α,β-unsaturated/α-hetero) is 3. The number of aliphatic carboxylic acids is 4. The average molecular weight is 1870 g/mol. The quantitative estimate of drug-likeness (QED) is 0.0184. The second kappa shape index (κ2) is 54.3. The molecule has 7 amide bonds. The van der Waals surface area contributed by atoms with E-state index in [4.69, 9.17) is 15.2 Å². The van der Waals surface area contributed by atoms with E-state index in [-0.39, 0.29) is 241 Å². The number of primary amides is 1. The largest absolute Gasteiger partial charge is 3.00 e. The van der Waals surface area contributed by atoms with Gasteiger partial charge in [-0.3, -0.25) is 77.1 Å². The van der Waals surface area contributed by atoms with Crippen LogP contribution in [0, 0.1) is 75.4 Å². The van der Waals surface area contributed by atoms with Crippen molar-refractivity contribution in [3.63, 3.8) is 0 Å². The standard InChI is InChI=1S/C49H75N7O11S2.C31H50N6O13.Gd/c1-8-29(6)34-23-42(60)37(24-57)53-47(65)39-11-9-17-55(39)48(66)30(7)25-68-69-26-38(43(50)61)54-44(62)32(19-27(2)3)22-41(59)35(20-28(4)5)51-46(64)40-12-10-18-56(40)49(67)36(52-45(34)63)21-31-13-15-33(58)16-14-31;1-2-22(38)21-50-17-16-49-15-6-33-28-27(29(45)30(28)46)32-5-3-4-23(31(47)48)37-13-11-35(19-25(41)42)9-7-34(18-24(39)40)8-10-36(12-14-37)20-26(43)44;/h13-16,27-30,32,34-40,57-58H,8-12,17-26H2,1-7H3,(H2,50,61)(H,51,64)(H,52,63)(H,53,65)(H,54,62);23,32-33H,2-21H2,1H3,(H,39,40)(H,41,42)(H,43,44)(H,47,48);/q;;+3/p-4/t29-,30-,32+,34-,35-,36-,37-,38-,39-,40-;;/m0../s1. The molecule has 2 aromatic rings. The minimum Gasteiger partial charge on any atom is -0.549 e. The number of anilines is 2. The predicted molar refractivity (Wildman–Crippen MR) is 433 cm³/mol. The van der Waals surface area contributed by atoms with Crippen LogP contribution in [0.15, 0.2) is 33.9 Å². The molecule has 0 aliphatic carbocycles. The molecule has 671 valence electrons. The van der Waals surface area contributed by atoms with Crippen LogP contribution in [0.1, 0.15) is 138 Å². The van der Waals surface area contributed by atoms with Crippen LogP contribution < -0.4 is 68.9 Å². The molecular formula is C80H121GdN13O24S2-. The summed E-state index contributed by atoms with van der Waals surface area (Å²) in [5.74, 6) is -13.1. The number of ketones is 3. The number of benzene rings is 1. The molecule has 4 fully saturated rings. The Labute approximate surface area is 740 Å². The minimum atomic E-state index is -1.41. The number of carbonyl (C=O) groups is 14. The molecule has 37 nitrogen and oxygen atoms in total. The van der Waals surface area contributed by atoms with Gasteiger partial charge in [-0.05, 0) is 86.8 Å². The normalized spacial score (nSPS) is 23.5. The first-order valence-corrected chi connectivity index (χ1v) is 43.5. The Kier molecular flexibility index (Phi) is 47.5. The molecule has 1 radical (unpaired) electrons. The average Bonchev–Trinajstić information content (AvgIpc) is 1.09. The maximum Gasteiger partial charge on any atom is 3.00 e. The van der Waals surface area contributed by atoms with E-state index < -0.39 is 168 Å². The van der Waals surface area contributed by atoms with Gasteiger partial charge in [0.25, 0.3) is 10.9 Å². The van der Waals surface area contributed by atoms with Gasteiger partial charge in [0.15, 0.2) is 17.3 Å². The van der Waals surface area contributed by atoms with E-state index in [0.717, 1.165) is 0 Å². The van der Waals surface area contributed by atoms with Crippen molar-refractivity contribution in [1.82, 2.24) is 50.7 Å². The summed E-state index contributed by atoms with van der Waals surface area (Å²) < 4.78 is 10.6. The Balaban J connectivity index is 0.000000527. The number of hydrogen-bond donors (Lipinski definition) is 9. The van der Waals surface area contributed by atoms with Crippen molar-refractivity contribution in [3.8, 4) is 5.75 Å². The number of phenols is 1. The van der Waals surface area contributed by atoms with Gasteiger partial charge < -0.3 is 107 Å². The third kappa shape index (κ3) is 35.5. The molecule has 4 aliphatic rings. The molecule has 2 aromatic carbocycles. The number of carbonyl (C=O) groups excluding carboxylic acids is 14. The first kappa shape index (κ1) is 105.